The van der Waals surface area contributed by atoms with Crippen LogP contribution >= 0.6 is 0 Å². The van der Waals surface area contributed by atoms with Crippen molar-refractivity contribution >= 4 is 17.5 Å². The van der Waals surface area contributed by atoms with Gasteiger partial charge in [-0.05, 0) is 55.3 Å². The van der Waals surface area contributed by atoms with E-state index in [-0.39, 0.29) is 11.8 Å². The van der Waals surface area contributed by atoms with E-state index >= 15 is 0 Å². The van der Waals surface area contributed by atoms with Crippen molar-refractivity contribution in [1.29, 1.82) is 0 Å². The summed E-state index contributed by atoms with van der Waals surface area (Å²) in [5.41, 5.74) is 3.90. The second-order valence-corrected chi connectivity index (χ2v) is 5.33. The number of carbonyl (C=O) groups is 2. The number of carbonyl (C=O) groups excluding carboxylic acids is 2. The lowest BCUT2D eigenvalue weighted by atomic mass is 10.1. The van der Waals surface area contributed by atoms with Gasteiger partial charge in [0.05, 0.1) is 0 Å². The third kappa shape index (κ3) is 4.30. The molecule has 2 rings (SSSR count). The molecule has 23 heavy (non-hydrogen) atoms. The molecule has 2 aromatic rings. The number of rotatable bonds is 5. The Kier molecular flexibility index (Phi) is 5.31. The fraction of sp³-hybridized carbons (Fsp3) is 0.158. The maximum atomic E-state index is 12.3. The fourth-order valence-corrected chi connectivity index (χ4v) is 2.09. The summed E-state index contributed by atoms with van der Waals surface area (Å²) >= 11 is 0. The molecule has 0 heterocycles. The van der Waals surface area contributed by atoms with Crippen LogP contribution in [0.1, 0.15) is 31.8 Å². The summed E-state index contributed by atoms with van der Waals surface area (Å²) < 4.78 is 0. The van der Waals surface area contributed by atoms with Gasteiger partial charge in [-0.25, -0.2) is 0 Å². The molecule has 0 unspecified atom stereocenters. The van der Waals surface area contributed by atoms with Crippen molar-refractivity contribution in [3.05, 3.63) is 77.4 Å². The molecule has 2 amide bonds. The normalized spacial score (nSPS) is 10.0. The van der Waals surface area contributed by atoms with Gasteiger partial charge >= 0.3 is 0 Å². The second kappa shape index (κ2) is 7.40. The highest BCUT2D eigenvalue weighted by Crippen LogP contribution is 2.15. The van der Waals surface area contributed by atoms with Crippen molar-refractivity contribution in [3.63, 3.8) is 0 Å². The molecule has 0 saturated heterocycles. The SMILES string of the molecule is C=CCNC(=O)c1cccc(C(=O)Nc2ccc(C)c(C)c2)c1. The minimum Gasteiger partial charge on any atom is -0.349 e. The number of nitrogens with one attached hydrogen (secondary N) is 2. The molecule has 2 aromatic carbocycles. The van der Waals surface area contributed by atoms with Gasteiger partial charge in [0.1, 0.15) is 0 Å². The third-order valence-corrected chi connectivity index (χ3v) is 3.56. The van der Waals surface area contributed by atoms with E-state index < -0.39 is 0 Å². The van der Waals surface area contributed by atoms with Crippen LogP contribution in [0.4, 0.5) is 5.69 Å². The van der Waals surface area contributed by atoms with Gasteiger partial charge in [-0.3, -0.25) is 9.59 Å². The maximum Gasteiger partial charge on any atom is 0.255 e. The van der Waals surface area contributed by atoms with E-state index in [1.165, 1.54) is 5.56 Å². The van der Waals surface area contributed by atoms with Crippen LogP contribution in [0.25, 0.3) is 0 Å². The minimum atomic E-state index is -0.244. The first-order valence-electron chi connectivity index (χ1n) is 7.39. The van der Waals surface area contributed by atoms with E-state index in [2.05, 4.69) is 17.2 Å². The molecule has 0 fully saturated rings. The zero-order valence-corrected chi connectivity index (χ0v) is 13.3. The van der Waals surface area contributed by atoms with E-state index in [4.69, 9.17) is 0 Å². The Balaban J connectivity index is 2.14. The Morgan fingerprint density at radius 1 is 1.00 bits per heavy atom. The molecule has 4 nitrogen and oxygen atoms in total. The van der Waals surface area contributed by atoms with E-state index in [0.29, 0.717) is 17.7 Å². The largest absolute Gasteiger partial charge is 0.349 e. The molecule has 0 aromatic heterocycles. The molecule has 0 aliphatic carbocycles. The molecule has 0 spiro atoms. The highest BCUT2D eigenvalue weighted by atomic mass is 16.2. The van der Waals surface area contributed by atoms with Crippen LogP contribution in [0.3, 0.4) is 0 Å². The van der Waals surface area contributed by atoms with Gasteiger partial charge in [0, 0.05) is 23.4 Å². The maximum absolute atomic E-state index is 12.3. The van der Waals surface area contributed by atoms with Gasteiger partial charge in [-0.2, -0.15) is 0 Å². The molecule has 0 saturated carbocycles. The van der Waals surface area contributed by atoms with Gasteiger partial charge in [-0.15, -0.1) is 6.58 Å². The van der Waals surface area contributed by atoms with Crippen molar-refractivity contribution in [2.45, 2.75) is 13.8 Å². The Labute approximate surface area is 136 Å². The summed E-state index contributed by atoms with van der Waals surface area (Å²) in [4.78, 5) is 24.3. The number of hydrogen-bond acceptors (Lipinski definition) is 2. The molecule has 4 heteroatoms. The summed E-state index contributed by atoms with van der Waals surface area (Å²) in [7, 11) is 0. The van der Waals surface area contributed by atoms with Crippen molar-refractivity contribution in [3.8, 4) is 0 Å². The molecule has 0 aliphatic rings. The highest BCUT2D eigenvalue weighted by Gasteiger charge is 2.10. The lowest BCUT2D eigenvalue weighted by molar-refractivity contribution is 0.0958. The Hall–Kier alpha value is -2.88. The molecule has 0 radical (unpaired) electrons. The van der Waals surface area contributed by atoms with Crippen molar-refractivity contribution < 1.29 is 9.59 Å². The van der Waals surface area contributed by atoms with E-state index in [0.717, 1.165) is 11.3 Å². The molecular weight excluding hydrogens is 288 g/mol. The van der Waals surface area contributed by atoms with Crippen LogP contribution in [0.15, 0.2) is 55.1 Å². The first-order valence-corrected chi connectivity index (χ1v) is 7.39. The number of hydrogen-bond donors (Lipinski definition) is 2. The standard InChI is InChI=1S/C19H20N2O2/c1-4-10-20-18(22)15-6-5-7-16(12-15)19(23)21-17-9-8-13(2)14(3)11-17/h4-9,11-12H,1,10H2,2-3H3,(H,20,22)(H,21,23). The lowest BCUT2D eigenvalue weighted by Crippen LogP contribution is -2.23. The molecule has 118 valence electrons. The van der Waals surface area contributed by atoms with Crippen LogP contribution in [0.2, 0.25) is 0 Å². The van der Waals surface area contributed by atoms with E-state index in [1.807, 2.05) is 32.0 Å². The molecule has 0 bridgehead atoms. The predicted octanol–water partition coefficient (Wildman–Crippen LogP) is 3.47. The predicted molar refractivity (Wildman–Crippen MR) is 92.8 cm³/mol. The topological polar surface area (TPSA) is 58.2 Å². The van der Waals surface area contributed by atoms with Gasteiger partial charge in [0.15, 0.2) is 0 Å². The Bertz CT molecular complexity index is 751. The zero-order chi connectivity index (χ0) is 16.8. The highest BCUT2D eigenvalue weighted by molar-refractivity contribution is 6.06. The summed E-state index contributed by atoms with van der Waals surface area (Å²) in [6.45, 7) is 7.96. The average molecular weight is 308 g/mol. The van der Waals surface area contributed by atoms with Gasteiger partial charge in [0.2, 0.25) is 0 Å². The van der Waals surface area contributed by atoms with Gasteiger partial charge < -0.3 is 10.6 Å². The second-order valence-electron chi connectivity index (χ2n) is 5.33. The van der Waals surface area contributed by atoms with Gasteiger partial charge in [0.25, 0.3) is 11.8 Å². The molecule has 0 atom stereocenters. The van der Waals surface area contributed by atoms with Crippen LogP contribution < -0.4 is 10.6 Å². The zero-order valence-electron chi connectivity index (χ0n) is 13.3. The quantitative estimate of drug-likeness (QED) is 0.831. The fourth-order valence-electron chi connectivity index (χ4n) is 2.09. The third-order valence-electron chi connectivity index (χ3n) is 3.56. The summed E-state index contributed by atoms with van der Waals surface area (Å²) in [5.74, 6) is -0.475. The van der Waals surface area contributed by atoms with Crippen LogP contribution in [0, 0.1) is 13.8 Å². The molecule has 0 aliphatic heterocycles. The van der Waals surface area contributed by atoms with Crippen molar-refractivity contribution in [1.82, 2.24) is 5.32 Å². The number of anilines is 1. The molecular formula is C19H20N2O2. The number of benzene rings is 2. The van der Waals surface area contributed by atoms with Crippen LogP contribution in [0.5, 0.6) is 0 Å². The first-order chi connectivity index (χ1) is 11.0. The average Bonchev–Trinajstić information content (AvgIpc) is 2.56. The smallest absolute Gasteiger partial charge is 0.255 e. The summed E-state index contributed by atoms with van der Waals surface area (Å²) in [6, 6.07) is 12.4. The summed E-state index contributed by atoms with van der Waals surface area (Å²) in [5, 5.41) is 5.54. The Morgan fingerprint density at radius 2 is 1.70 bits per heavy atom. The van der Waals surface area contributed by atoms with Crippen molar-refractivity contribution in [2.24, 2.45) is 0 Å². The molecule has 2 N–H and O–H groups in total. The Morgan fingerprint density at radius 3 is 2.35 bits per heavy atom. The van der Waals surface area contributed by atoms with Crippen molar-refractivity contribution in [2.75, 3.05) is 11.9 Å². The monoisotopic (exact) mass is 308 g/mol. The van der Waals surface area contributed by atoms with Crippen LogP contribution in [-0.4, -0.2) is 18.4 Å². The number of amides is 2. The van der Waals surface area contributed by atoms with E-state index in [1.54, 1.807) is 30.3 Å². The first kappa shape index (κ1) is 16.5. The minimum absolute atomic E-state index is 0.231. The summed E-state index contributed by atoms with van der Waals surface area (Å²) in [6.07, 6.45) is 1.61. The lowest BCUT2D eigenvalue weighted by Gasteiger charge is -2.09. The van der Waals surface area contributed by atoms with E-state index in [9.17, 15) is 9.59 Å². The van der Waals surface area contributed by atoms with Gasteiger partial charge in [-0.1, -0.05) is 18.2 Å². The van der Waals surface area contributed by atoms with Crippen LogP contribution in [-0.2, 0) is 0 Å². The number of aryl methyl sites for hydroxylation is 2.